The Balaban J connectivity index is 1.87. The monoisotopic (exact) mass is 513 g/mol. The molecular formula is C28H36ClN3O4. The number of nitrogens with one attached hydrogen (secondary N) is 2. The molecule has 194 valence electrons. The van der Waals surface area contributed by atoms with Crippen molar-refractivity contribution < 1.29 is 19.5 Å². The molecule has 2 aromatic rings. The van der Waals surface area contributed by atoms with Gasteiger partial charge in [0.15, 0.2) is 6.10 Å². The van der Waals surface area contributed by atoms with Crippen molar-refractivity contribution in [3.05, 3.63) is 70.8 Å². The van der Waals surface area contributed by atoms with Crippen LogP contribution in [0.5, 0.6) is 0 Å². The van der Waals surface area contributed by atoms with Gasteiger partial charge in [-0.15, -0.1) is 11.6 Å². The van der Waals surface area contributed by atoms with E-state index in [1.807, 2.05) is 83.1 Å². The van der Waals surface area contributed by atoms with E-state index in [0.29, 0.717) is 12.0 Å². The molecule has 3 amide bonds. The lowest BCUT2D eigenvalue weighted by molar-refractivity contribution is -0.146. The number of aliphatic hydroxyl groups is 1. The number of amides is 3. The number of benzene rings is 2. The number of hydrogen-bond acceptors (Lipinski definition) is 4. The first kappa shape index (κ1) is 27.7. The number of aliphatic hydroxyl groups excluding tert-OH is 1. The minimum atomic E-state index is -1.56. The van der Waals surface area contributed by atoms with Gasteiger partial charge in [-0.1, -0.05) is 48.5 Å². The van der Waals surface area contributed by atoms with Gasteiger partial charge in [0.1, 0.15) is 6.04 Å². The van der Waals surface area contributed by atoms with Crippen molar-refractivity contribution in [3.8, 4) is 0 Å². The summed E-state index contributed by atoms with van der Waals surface area (Å²) < 4.78 is 0. The van der Waals surface area contributed by atoms with Crippen LogP contribution in [-0.2, 0) is 16.0 Å². The van der Waals surface area contributed by atoms with Gasteiger partial charge in [0.05, 0.1) is 11.4 Å². The van der Waals surface area contributed by atoms with Crippen molar-refractivity contribution in [2.75, 3.05) is 6.54 Å². The van der Waals surface area contributed by atoms with Gasteiger partial charge in [0.2, 0.25) is 5.91 Å². The number of rotatable bonds is 7. The molecule has 3 rings (SSSR count). The van der Waals surface area contributed by atoms with Crippen LogP contribution in [0.15, 0.2) is 48.5 Å². The number of likely N-dealkylation sites (tertiary alicyclic amines) is 1. The molecule has 7 nitrogen and oxygen atoms in total. The largest absolute Gasteiger partial charge is 0.381 e. The second-order valence-corrected chi connectivity index (χ2v) is 11.2. The number of hydrogen-bond donors (Lipinski definition) is 3. The smallest absolute Gasteiger partial charge is 0.254 e. The molecule has 1 saturated heterocycles. The number of halogens is 1. The van der Waals surface area contributed by atoms with E-state index >= 15 is 0 Å². The summed E-state index contributed by atoms with van der Waals surface area (Å²) in [5.74, 6) is -1.31. The normalized spacial score (nSPS) is 19.5. The van der Waals surface area contributed by atoms with Crippen molar-refractivity contribution in [3.63, 3.8) is 0 Å². The van der Waals surface area contributed by atoms with E-state index in [2.05, 4.69) is 10.6 Å². The SMILES string of the molecule is Cc1cccc(C)c1C(=O)N[C@@H](Cc1ccccc1)[C@H](O)C(=O)N1C[C@@H](Cl)C[C@H]1C(=O)NC(C)(C)C. The van der Waals surface area contributed by atoms with Crippen LogP contribution in [0.2, 0.25) is 0 Å². The zero-order valence-electron chi connectivity index (χ0n) is 21.5. The van der Waals surface area contributed by atoms with Gasteiger partial charge in [-0.25, -0.2) is 0 Å². The molecule has 0 unspecified atom stereocenters. The molecule has 0 aromatic heterocycles. The first-order valence-corrected chi connectivity index (χ1v) is 12.7. The minimum Gasteiger partial charge on any atom is -0.381 e. The molecule has 1 heterocycles. The van der Waals surface area contributed by atoms with Crippen LogP contribution in [0.4, 0.5) is 0 Å². The summed E-state index contributed by atoms with van der Waals surface area (Å²) in [5, 5.41) is 16.7. The van der Waals surface area contributed by atoms with E-state index in [1.54, 1.807) is 0 Å². The number of nitrogens with zero attached hydrogens (tertiary/aromatic N) is 1. The van der Waals surface area contributed by atoms with Crippen molar-refractivity contribution in [1.82, 2.24) is 15.5 Å². The van der Waals surface area contributed by atoms with Crippen molar-refractivity contribution in [2.45, 2.75) is 76.6 Å². The van der Waals surface area contributed by atoms with Gasteiger partial charge in [0, 0.05) is 17.6 Å². The summed E-state index contributed by atoms with van der Waals surface area (Å²) in [5.41, 5.74) is 2.49. The minimum absolute atomic E-state index is 0.141. The molecule has 1 aliphatic rings. The highest BCUT2D eigenvalue weighted by Crippen LogP contribution is 2.25. The Morgan fingerprint density at radius 2 is 1.67 bits per heavy atom. The predicted molar refractivity (Wildman–Crippen MR) is 141 cm³/mol. The van der Waals surface area contributed by atoms with Gasteiger partial charge in [-0.05, 0) is 64.2 Å². The first-order chi connectivity index (χ1) is 16.9. The molecule has 0 radical (unpaired) electrons. The van der Waals surface area contributed by atoms with Crippen molar-refractivity contribution in [2.24, 2.45) is 0 Å². The maximum Gasteiger partial charge on any atom is 0.254 e. The molecule has 4 atom stereocenters. The number of aryl methyl sites for hydroxylation is 2. The Kier molecular flexibility index (Phi) is 8.80. The summed E-state index contributed by atoms with van der Waals surface area (Å²) in [6.07, 6.45) is -1.04. The van der Waals surface area contributed by atoms with Crippen LogP contribution in [0.25, 0.3) is 0 Å². The summed E-state index contributed by atoms with van der Waals surface area (Å²) in [4.78, 5) is 41.1. The van der Waals surface area contributed by atoms with E-state index in [-0.39, 0.29) is 24.8 Å². The highest BCUT2D eigenvalue weighted by Gasteiger charge is 2.43. The number of alkyl halides is 1. The van der Waals surface area contributed by atoms with Crippen molar-refractivity contribution in [1.29, 1.82) is 0 Å². The lowest BCUT2D eigenvalue weighted by atomic mass is 9.97. The quantitative estimate of drug-likeness (QED) is 0.495. The Hall–Kier alpha value is -2.90. The fourth-order valence-corrected chi connectivity index (χ4v) is 4.91. The molecule has 2 aromatic carbocycles. The molecule has 0 aliphatic carbocycles. The molecule has 36 heavy (non-hydrogen) atoms. The van der Waals surface area contributed by atoms with Crippen LogP contribution in [0.1, 0.15) is 54.2 Å². The van der Waals surface area contributed by atoms with Crippen molar-refractivity contribution >= 4 is 29.3 Å². The van der Waals surface area contributed by atoms with Gasteiger partial charge in [0.25, 0.3) is 11.8 Å². The summed E-state index contributed by atoms with van der Waals surface area (Å²) in [6, 6.07) is 13.2. The fraction of sp³-hybridized carbons (Fsp3) is 0.464. The number of carbonyl (C=O) groups excluding carboxylic acids is 3. The third-order valence-electron chi connectivity index (χ3n) is 6.29. The fourth-order valence-electron chi connectivity index (χ4n) is 4.59. The van der Waals surface area contributed by atoms with Crippen LogP contribution >= 0.6 is 11.6 Å². The second-order valence-electron chi connectivity index (χ2n) is 10.6. The molecule has 0 spiro atoms. The predicted octanol–water partition coefficient (Wildman–Crippen LogP) is 3.13. The standard InChI is InChI=1S/C28H36ClN3O4/c1-17-10-9-11-18(2)23(17)26(35)30-21(14-19-12-7-6-8-13-19)24(33)27(36)32-16-20(29)15-22(32)25(34)31-28(3,4)5/h6-13,20-22,24,33H,14-16H2,1-5H3,(H,30,35)(H,31,34)/t20-,21-,22-,24-/m0/s1. The second kappa shape index (κ2) is 11.4. The maximum absolute atomic E-state index is 13.5. The molecule has 3 N–H and O–H groups in total. The van der Waals surface area contributed by atoms with E-state index in [1.165, 1.54) is 4.90 Å². The Morgan fingerprint density at radius 1 is 1.06 bits per heavy atom. The summed E-state index contributed by atoms with van der Waals surface area (Å²) >= 11 is 6.35. The van der Waals surface area contributed by atoms with Gasteiger partial charge < -0.3 is 20.6 Å². The van der Waals surface area contributed by atoms with Crippen LogP contribution in [-0.4, -0.2) is 63.4 Å². The van der Waals surface area contributed by atoms with Gasteiger partial charge >= 0.3 is 0 Å². The molecule has 8 heteroatoms. The highest BCUT2D eigenvalue weighted by molar-refractivity contribution is 6.21. The zero-order chi connectivity index (χ0) is 26.6. The van der Waals surface area contributed by atoms with Crippen LogP contribution in [0, 0.1) is 13.8 Å². The number of carbonyl (C=O) groups is 3. The molecule has 1 aliphatic heterocycles. The molecule has 1 fully saturated rings. The van der Waals surface area contributed by atoms with E-state index < -0.39 is 35.0 Å². The lowest BCUT2D eigenvalue weighted by Crippen LogP contribution is -2.57. The molecule has 0 saturated carbocycles. The van der Waals surface area contributed by atoms with E-state index in [4.69, 9.17) is 11.6 Å². The van der Waals surface area contributed by atoms with Crippen LogP contribution < -0.4 is 10.6 Å². The highest BCUT2D eigenvalue weighted by atomic mass is 35.5. The summed E-state index contributed by atoms with van der Waals surface area (Å²) in [6.45, 7) is 9.41. The Morgan fingerprint density at radius 3 is 2.25 bits per heavy atom. The Labute approximate surface area is 218 Å². The first-order valence-electron chi connectivity index (χ1n) is 12.2. The van der Waals surface area contributed by atoms with E-state index in [9.17, 15) is 19.5 Å². The third kappa shape index (κ3) is 6.86. The van der Waals surface area contributed by atoms with Gasteiger partial charge in [-0.2, -0.15) is 0 Å². The maximum atomic E-state index is 13.5. The summed E-state index contributed by atoms with van der Waals surface area (Å²) in [7, 11) is 0. The Bertz CT molecular complexity index is 1080. The van der Waals surface area contributed by atoms with E-state index in [0.717, 1.165) is 16.7 Å². The third-order valence-corrected chi connectivity index (χ3v) is 6.61. The molecule has 0 bridgehead atoms. The topological polar surface area (TPSA) is 98.7 Å². The van der Waals surface area contributed by atoms with Gasteiger partial charge in [-0.3, -0.25) is 14.4 Å². The average molecular weight is 514 g/mol. The lowest BCUT2D eigenvalue weighted by Gasteiger charge is -2.32. The average Bonchev–Trinajstić information content (AvgIpc) is 3.19. The zero-order valence-corrected chi connectivity index (χ0v) is 22.3. The van der Waals surface area contributed by atoms with Crippen LogP contribution in [0.3, 0.4) is 0 Å². The molecular weight excluding hydrogens is 478 g/mol.